The first-order valence-corrected chi connectivity index (χ1v) is 9.12. The molecule has 146 valence electrons. The van der Waals surface area contributed by atoms with E-state index in [0.29, 0.717) is 23.0 Å². The van der Waals surface area contributed by atoms with E-state index in [9.17, 15) is 9.90 Å². The summed E-state index contributed by atoms with van der Waals surface area (Å²) in [4.78, 5) is 12.6. The molecule has 5 rings (SSSR count). The summed E-state index contributed by atoms with van der Waals surface area (Å²) in [6.45, 7) is 0.340. The van der Waals surface area contributed by atoms with Gasteiger partial charge in [-0.1, -0.05) is 6.07 Å². The monoisotopic (exact) mass is 384 g/mol. The summed E-state index contributed by atoms with van der Waals surface area (Å²) in [7, 11) is 3.15. The van der Waals surface area contributed by atoms with Crippen molar-refractivity contribution in [3.8, 4) is 23.0 Å². The zero-order valence-electron chi connectivity index (χ0n) is 15.5. The molecule has 2 aliphatic heterocycles. The minimum absolute atomic E-state index is 0.143. The van der Waals surface area contributed by atoms with E-state index in [2.05, 4.69) is 0 Å². The number of benzene rings is 2. The zero-order valence-corrected chi connectivity index (χ0v) is 15.5. The Morgan fingerprint density at radius 1 is 0.964 bits per heavy atom. The van der Waals surface area contributed by atoms with Gasteiger partial charge < -0.3 is 28.8 Å². The third kappa shape index (κ3) is 2.36. The number of hydrogen-bond donors (Lipinski definition) is 1. The summed E-state index contributed by atoms with van der Waals surface area (Å²) in [5.74, 6) is 1.00. The number of rotatable bonds is 3. The first kappa shape index (κ1) is 17.2. The van der Waals surface area contributed by atoms with Crippen molar-refractivity contribution in [3.63, 3.8) is 0 Å². The number of cyclic esters (lactones) is 1. The van der Waals surface area contributed by atoms with E-state index in [0.717, 1.165) is 16.7 Å². The minimum atomic E-state index is -0.808. The van der Waals surface area contributed by atoms with Crippen LogP contribution < -0.4 is 18.9 Å². The largest absolute Gasteiger partial charge is 0.493 e. The Bertz CT molecular complexity index is 954. The molecule has 1 aliphatic carbocycles. The van der Waals surface area contributed by atoms with Gasteiger partial charge in [-0.3, -0.25) is 4.79 Å². The Hall–Kier alpha value is -2.93. The summed E-state index contributed by atoms with van der Waals surface area (Å²) in [6.07, 6.45) is -0.808. The maximum absolute atomic E-state index is 12.6. The third-order valence-electron chi connectivity index (χ3n) is 5.91. The predicted octanol–water partition coefficient (Wildman–Crippen LogP) is 2.40. The maximum Gasteiger partial charge on any atom is 0.310 e. The number of esters is 1. The van der Waals surface area contributed by atoms with Gasteiger partial charge in [0.2, 0.25) is 6.79 Å². The Morgan fingerprint density at radius 2 is 1.68 bits per heavy atom. The quantitative estimate of drug-likeness (QED) is 0.814. The second-order valence-corrected chi connectivity index (χ2v) is 7.19. The Morgan fingerprint density at radius 3 is 2.39 bits per heavy atom. The SMILES string of the molecule is COc1ccc([C@@H]2c3cc4c(cc3[C@H](O)C3COC(=O)C32)OCO4)cc1OC. The van der Waals surface area contributed by atoms with Crippen molar-refractivity contribution in [1.29, 1.82) is 0 Å². The van der Waals surface area contributed by atoms with E-state index in [4.69, 9.17) is 23.7 Å². The first-order valence-electron chi connectivity index (χ1n) is 9.12. The highest BCUT2D eigenvalue weighted by Crippen LogP contribution is 2.54. The minimum Gasteiger partial charge on any atom is -0.493 e. The van der Waals surface area contributed by atoms with Crippen molar-refractivity contribution in [2.75, 3.05) is 27.6 Å². The molecule has 3 aliphatic rings. The van der Waals surface area contributed by atoms with E-state index in [1.807, 2.05) is 30.3 Å². The van der Waals surface area contributed by atoms with Crippen LogP contribution in [-0.2, 0) is 9.53 Å². The molecule has 0 saturated carbocycles. The molecular weight excluding hydrogens is 364 g/mol. The van der Waals surface area contributed by atoms with Crippen LogP contribution in [0.4, 0.5) is 0 Å². The second-order valence-electron chi connectivity index (χ2n) is 7.19. The van der Waals surface area contributed by atoms with E-state index in [1.54, 1.807) is 14.2 Å². The van der Waals surface area contributed by atoms with Gasteiger partial charge in [-0.15, -0.1) is 0 Å². The molecular formula is C21H20O7. The molecule has 4 atom stereocenters. The van der Waals surface area contributed by atoms with Gasteiger partial charge in [-0.2, -0.15) is 0 Å². The highest BCUT2D eigenvalue weighted by Gasteiger charge is 2.52. The van der Waals surface area contributed by atoms with Crippen LogP contribution in [0.15, 0.2) is 30.3 Å². The Balaban J connectivity index is 1.71. The summed E-state index contributed by atoms with van der Waals surface area (Å²) < 4.78 is 27.2. The molecule has 0 bridgehead atoms. The molecule has 7 heteroatoms. The highest BCUT2D eigenvalue weighted by atomic mass is 16.7. The average molecular weight is 384 g/mol. The fourth-order valence-electron chi connectivity index (χ4n) is 4.58. The molecule has 0 aromatic heterocycles. The topological polar surface area (TPSA) is 83.5 Å². The van der Waals surface area contributed by atoms with Crippen molar-refractivity contribution in [2.45, 2.75) is 12.0 Å². The van der Waals surface area contributed by atoms with E-state index in [-0.39, 0.29) is 31.2 Å². The standard InChI is InChI=1S/C21H20O7/c1-24-14-4-3-10(5-15(14)25-2)18-11-6-16-17(28-9-27-16)7-12(11)20(22)13-8-26-21(23)19(13)18/h3-7,13,18-20,22H,8-9H2,1-2H3/t13?,18-,19?,20+/m1/s1. The number of methoxy groups -OCH3 is 2. The molecule has 1 N–H and O–H groups in total. The van der Waals surface area contributed by atoms with Gasteiger partial charge in [0.25, 0.3) is 0 Å². The second kappa shape index (κ2) is 6.31. The molecule has 2 aromatic rings. The van der Waals surface area contributed by atoms with Crippen molar-refractivity contribution in [1.82, 2.24) is 0 Å². The lowest BCUT2D eigenvalue weighted by Gasteiger charge is -2.36. The lowest BCUT2D eigenvalue weighted by atomic mass is 9.66. The van der Waals surface area contributed by atoms with Crippen LogP contribution >= 0.6 is 0 Å². The summed E-state index contributed by atoms with van der Waals surface area (Å²) in [5.41, 5.74) is 2.46. The molecule has 2 heterocycles. The predicted molar refractivity (Wildman–Crippen MR) is 96.9 cm³/mol. The molecule has 1 saturated heterocycles. The first-order chi connectivity index (χ1) is 13.6. The van der Waals surface area contributed by atoms with Gasteiger partial charge >= 0.3 is 5.97 Å². The third-order valence-corrected chi connectivity index (χ3v) is 5.91. The summed E-state index contributed by atoms with van der Waals surface area (Å²) in [5, 5.41) is 11.0. The van der Waals surface area contributed by atoms with Gasteiger partial charge in [-0.05, 0) is 41.0 Å². The molecule has 1 fully saturated rings. The van der Waals surface area contributed by atoms with Crippen LogP contribution in [0.2, 0.25) is 0 Å². The number of carbonyl (C=O) groups is 1. The van der Waals surface area contributed by atoms with Crippen LogP contribution in [0, 0.1) is 11.8 Å². The molecule has 2 unspecified atom stereocenters. The number of aliphatic hydroxyl groups excluding tert-OH is 1. The highest BCUT2D eigenvalue weighted by molar-refractivity contribution is 5.78. The summed E-state index contributed by atoms with van der Waals surface area (Å²) >= 11 is 0. The number of hydrogen-bond acceptors (Lipinski definition) is 7. The molecule has 2 aromatic carbocycles. The average Bonchev–Trinajstić information content (AvgIpc) is 3.33. The van der Waals surface area contributed by atoms with Crippen molar-refractivity contribution >= 4 is 5.97 Å². The van der Waals surface area contributed by atoms with Gasteiger partial charge in [0.1, 0.15) is 0 Å². The molecule has 0 radical (unpaired) electrons. The van der Waals surface area contributed by atoms with Crippen LogP contribution in [0.1, 0.15) is 28.7 Å². The van der Waals surface area contributed by atoms with Gasteiger partial charge in [0.15, 0.2) is 23.0 Å². The number of fused-ring (bicyclic) bond motifs is 3. The molecule has 28 heavy (non-hydrogen) atoms. The lowest BCUT2D eigenvalue weighted by Crippen LogP contribution is -2.34. The van der Waals surface area contributed by atoms with Crippen LogP contribution in [0.25, 0.3) is 0 Å². The normalized spacial score (nSPS) is 27.0. The van der Waals surface area contributed by atoms with Gasteiger partial charge in [-0.25, -0.2) is 0 Å². The zero-order chi connectivity index (χ0) is 19.4. The van der Waals surface area contributed by atoms with Crippen molar-refractivity contribution < 1.29 is 33.6 Å². The van der Waals surface area contributed by atoms with Crippen LogP contribution in [-0.4, -0.2) is 38.7 Å². The van der Waals surface area contributed by atoms with E-state index in [1.165, 1.54) is 0 Å². The maximum atomic E-state index is 12.6. The Kier molecular flexibility index (Phi) is 3.87. The fourth-order valence-corrected chi connectivity index (χ4v) is 4.58. The van der Waals surface area contributed by atoms with E-state index < -0.39 is 12.0 Å². The van der Waals surface area contributed by atoms with Crippen molar-refractivity contribution in [2.24, 2.45) is 11.8 Å². The Labute approximate surface area is 161 Å². The number of ether oxygens (including phenoxy) is 5. The summed E-state index contributed by atoms with van der Waals surface area (Å²) in [6, 6.07) is 9.29. The molecule has 0 spiro atoms. The smallest absolute Gasteiger partial charge is 0.310 e. The van der Waals surface area contributed by atoms with Crippen LogP contribution in [0.5, 0.6) is 23.0 Å². The molecule has 0 amide bonds. The fraction of sp³-hybridized carbons (Fsp3) is 0.381. The van der Waals surface area contributed by atoms with Crippen molar-refractivity contribution in [3.05, 3.63) is 47.0 Å². The van der Waals surface area contributed by atoms with Crippen LogP contribution in [0.3, 0.4) is 0 Å². The van der Waals surface area contributed by atoms with E-state index >= 15 is 0 Å². The van der Waals surface area contributed by atoms with Gasteiger partial charge in [0, 0.05) is 11.8 Å². The molecule has 7 nitrogen and oxygen atoms in total. The number of carbonyl (C=O) groups excluding carboxylic acids is 1. The van der Waals surface area contributed by atoms with Gasteiger partial charge in [0.05, 0.1) is 32.8 Å². The lowest BCUT2D eigenvalue weighted by molar-refractivity contribution is -0.141. The number of aliphatic hydroxyl groups is 1.